The standard InChI is InChI=1S/C14H18N2O3/c1-4-5-10(8-9(2)3)13(18)15-11-6-7-12(17)16-14(11)19/h4-5,8,11H,1,6-7H2,2-3H3,(H,15,18)(H,16,17,19)/b10-5+. The lowest BCUT2D eigenvalue weighted by Gasteiger charge is -2.22. The van der Waals surface area contributed by atoms with Gasteiger partial charge in [0.1, 0.15) is 6.04 Å². The summed E-state index contributed by atoms with van der Waals surface area (Å²) >= 11 is 0. The summed E-state index contributed by atoms with van der Waals surface area (Å²) in [6.45, 7) is 7.29. The van der Waals surface area contributed by atoms with Gasteiger partial charge in [-0.25, -0.2) is 0 Å². The molecule has 1 saturated heterocycles. The average Bonchev–Trinajstić information content (AvgIpc) is 2.31. The molecular weight excluding hydrogens is 244 g/mol. The molecule has 2 N–H and O–H groups in total. The number of rotatable bonds is 4. The van der Waals surface area contributed by atoms with Gasteiger partial charge in [0, 0.05) is 12.0 Å². The number of piperidine rings is 1. The molecule has 1 fully saturated rings. The van der Waals surface area contributed by atoms with Crippen molar-refractivity contribution in [2.45, 2.75) is 32.7 Å². The van der Waals surface area contributed by atoms with Crippen LogP contribution in [0.2, 0.25) is 0 Å². The first kappa shape index (κ1) is 14.9. The topological polar surface area (TPSA) is 75.3 Å². The fourth-order valence-electron chi connectivity index (χ4n) is 1.70. The predicted molar refractivity (Wildman–Crippen MR) is 72.0 cm³/mol. The maximum atomic E-state index is 12.0. The van der Waals surface area contributed by atoms with Gasteiger partial charge >= 0.3 is 0 Å². The third kappa shape index (κ3) is 4.54. The van der Waals surface area contributed by atoms with E-state index in [4.69, 9.17) is 0 Å². The van der Waals surface area contributed by atoms with Crippen molar-refractivity contribution in [3.8, 4) is 0 Å². The summed E-state index contributed by atoms with van der Waals surface area (Å²) in [6, 6.07) is -0.663. The summed E-state index contributed by atoms with van der Waals surface area (Å²) in [6.07, 6.45) is 5.36. The monoisotopic (exact) mass is 262 g/mol. The number of nitrogens with one attached hydrogen (secondary N) is 2. The van der Waals surface area contributed by atoms with Crippen molar-refractivity contribution in [2.24, 2.45) is 0 Å². The largest absolute Gasteiger partial charge is 0.340 e. The lowest BCUT2D eigenvalue weighted by molar-refractivity contribution is -0.136. The number of allylic oxidation sites excluding steroid dienone is 3. The lowest BCUT2D eigenvalue weighted by atomic mass is 10.0. The Hall–Kier alpha value is -2.17. The van der Waals surface area contributed by atoms with E-state index < -0.39 is 11.9 Å². The van der Waals surface area contributed by atoms with Gasteiger partial charge in [-0.05, 0) is 20.3 Å². The second kappa shape index (κ2) is 6.68. The van der Waals surface area contributed by atoms with Gasteiger partial charge < -0.3 is 5.32 Å². The molecule has 1 heterocycles. The minimum Gasteiger partial charge on any atom is -0.340 e. The van der Waals surface area contributed by atoms with E-state index in [1.54, 1.807) is 12.2 Å². The summed E-state index contributed by atoms with van der Waals surface area (Å²) in [5.74, 6) is -1.11. The fourth-order valence-corrected chi connectivity index (χ4v) is 1.70. The van der Waals surface area contributed by atoms with E-state index in [2.05, 4.69) is 17.2 Å². The molecule has 0 aromatic rings. The van der Waals surface area contributed by atoms with Crippen molar-refractivity contribution in [2.75, 3.05) is 0 Å². The molecule has 5 nitrogen and oxygen atoms in total. The molecule has 1 unspecified atom stereocenters. The molecule has 102 valence electrons. The second-order valence-electron chi connectivity index (χ2n) is 4.56. The molecule has 0 aromatic carbocycles. The molecule has 19 heavy (non-hydrogen) atoms. The molecular formula is C14H18N2O3. The lowest BCUT2D eigenvalue weighted by Crippen LogP contribution is -2.52. The van der Waals surface area contributed by atoms with E-state index >= 15 is 0 Å². The summed E-state index contributed by atoms with van der Waals surface area (Å²) in [7, 11) is 0. The number of amides is 3. The van der Waals surface area contributed by atoms with Crippen LogP contribution in [0.15, 0.2) is 36.0 Å². The highest BCUT2D eigenvalue weighted by Crippen LogP contribution is 2.08. The Labute approximate surface area is 112 Å². The summed E-state index contributed by atoms with van der Waals surface area (Å²) in [4.78, 5) is 34.6. The molecule has 0 aliphatic carbocycles. The van der Waals surface area contributed by atoms with Crippen LogP contribution in [0.4, 0.5) is 0 Å². The molecule has 1 aliphatic heterocycles. The van der Waals surface area contributed by atoms with Gasteiger partial charge in [-0.15, -0.1) is 0 Å². The van der Waals surface area contributed by atoms with Gasteiger partial charge in [-0.2, -0.15) is 0 Å². The van der Waals surface area contributed by atoms with E-state index in [-0.39, 0.29) is 18.2 Å². The Morgan fingerprint density at radius 2 is 2.11 bits per heavy atom. The van der Waals surface area contributed by atoms with E-state index in [1.165, 1.54) is 6.08 Å². The SMILES string of the molecule is C=C/C=C(\C=C(C)C)C(=O)NC1CCC(=O)NC1=O. The zero-order valence-electron chi connectivity index (χ0n) is 11.2. The van der Waals surface area contributed by atoms with E-state index in [9.17, 15) is 14.4 Å². The van der Waals surface area contributed by atoms with Gasteiger partial charge in [-0.1, -0.05) is 30.4 Å². The maximum Gasteiger partial charge on any atom is 0.251 e. The van der Waals surface area contributed by atoms with Crippen LogP contribution in [0.5, 0.6) is 0 Å². The van der Waals surface area contributed by atoms with Gasteiger partial charge in [0.15, 0.2) is 0 Å². The van der Waals surface area contributed by atoms with Crippen molar-refractivity contribution in [3.05, 3.63) is 36.0 Å². The Bertz CT molecular complexity index is 471. The minimum absolute atomic E-state index is 0.236. The molecule has 3 amide bonds. The number of imide groups is 1. The van der Waals surface area contributed by atoms with Crippen LogP contribution in [0, 0.1) is 0 Å². The third-order valence-electron chi connectivity index (χ3n) is 2.55. The second-order valence-corrected chi connectivity index (χ2v) is 4.56. The van der Waals surface area contributed by atoms with Gasteiger partial charge in [-0.3, -0.25) is 19.7 Å². The number of carbonyl (C=O) groups excluding carboxylic acids is 3. The van der Waals surface area contributed by atoms with Crippen molar-refractivity contribution in [1.82, 2.24) is 10.6 Å². The first-order valence-corrected chi connectivity index (χ1v) is 6.06. The number of hydrogen-bond donors (Lipinski definition) is 2. The molecule has 5 heteroatoms. The number of hydrogen-bond acceptors (Lipinski definition) is 3. The molecule has 1 atom stereocenters. The molecule has 0 saturated carbocycles. The van der Waals surface area contributed by atoms with Gasteiger partial charge in [0.2, 0.25) is 11.8 Å². The Balaban J connectivity index is 2.75. The molecule has 0 spiro atoms. The van der Waals surface area contributed by atoms with Crippen molar-refractivity contribution < 1.29 is 14.4 Å². The van der Waals surface area contributed by atoms with Crippen LogP contribution < -0.4 is 10.6 Å². The highest BCUT2D eigenvalue weighted by atomic mass is 16.2. The van der Waals surface area contributed by atoms with Crippen LogP contribution in [-0.4, -0.2) is 23.8 Å². The Kier molecular flexibility index (Phi) is 5.23. The zero-order chi connectivity index (χ0) is 14.4. The predicted octanol–water partition coefficient (Wildman–Crippen LogP) is 0.986. The van der Waals surface area contributed by atoms with E-state index in [0.717, 1.165) is 5.57 Å². The molecule has 1 aliphatic rings. The van der Waals surface area contributed by atoms with Crippen LogP contribution in [0.3, 0.4) is 0 Å². The van der Waals surface area contributed by atoms with Crippen molar-refractivity contribution in [1.29, 1.82) is 0 Å². The quantitative estimate of drug-likeness (QED) is 0.450. The van der Waals surface area contributed by atoms with Gasteiger partial charge in [0.25, 0.3) is 5.91 Å². The molecule has 0 bridgehead atoms. The first-order valence-electron chi connectivity index (χ1n) is 6.06. The van der Waals surface area contributed by atoms with E-state index in [0.29, 0.717) is 12.0 Å². The van der Waals surface area contributed by atoms with Crippen LogP contribution in [0.25, 0.3) is 0 Å². The number of carbonyl (C=O) groups is 3. The van der Waals surface area contributed by atoms with E-state index in [1.807, 2.05) is 13.8 Å². The van der Waals surface area contributed by atoms with Crippen molar-refractivity contribution >= 4 is 17.7 Å². The third-order valence-corrected chi connectivity index (χ3v) is 2.55. The molecule has 0 radical (unpaired) electrons. The van der Waals surface area contributed by atoms with Crippen LogP contribution in [0.1, 0.15) is 26.7 Å². The smallest absolute Gasteiger partial charge is 0.251 e. The maximum absolute atomic E-state index is 12.0. The average molecular weight is 262 g/mol. The fraction of sp³-hybridized carbons (Fsp3) is 0.357. The summed E-state index contributed by atoms with van der Waals surface area (Å²) < 4.78 is 0. The van der Waals surface area contributed by atoms with Crippen molar-refractivity contribution in [3.63, 3.8) is 0 Å². The first-order chi connectivity index (χ1) is 8.93. The van der Waals surface area contributed by atoms with Gasteiger partial charge in [0.05, 0.1) is 0 Å². The zero-order valence-corrected chi connectivity index (χ0v) is 11.2. The molecule has 0 aromatic heterocycles. The summed E-state index contributed by atoms with van der Waals surface area (Å²) in [5, 5.41) is 4.81. The highest BCUT2D eigenvalue weighted by Gasteiger charge is 2.28. The van der Waals surface area contributed by atoms with Crippen LogP contribution in [-0.2, 0) is 14.4 Å². The normalized spacial score (nSPS) is 19.5. The minimum atomic E-state index is -0.663. The Morgan fingerprint density at radius 3 is 2.63 bits per heavy atom. The molecule has 1 rings (SSSR count). The highest BCUT2D eigenvalue weighted by molar-refractivity contribution is 6.04. The van der Waals surface area contributed by atoms with Crippen LogP contribution >= 0.6 is 0 Å². The Morgan fingerprint density at radius 1 is 1.42 bits per heavy atom. The summed E-state index contributed by atoms with van der Waals surface area (Å²) in [5.41, 5.74) is 1.39.